The van der Waals surface area contributed by atoms with Crippen molar-refractivity contribution >= 4 is 45.3 Å². The Balaban J connectivity index is 1.52. The molecule has 2 N–H and O–H groups in total. The smallest absolute Gasteiger partial charge is 0.321 e. The van der Waals surface area contributed by atoms with Gasteiger partial charge in [-0.1, -0.05) is 17.7 Å². The average molecular weight is 487 g/mol. The van der Waals surface area contributed by atoms with E-state index >= 15 is 0 Å². The third-order valence-corrected chi connectivity index (χ3v) is 6.84. The molecular weight excluding hydrogens is 466 g/mol. The molecule has 0 spiro atoms. The lowest BCUT2D eigenvalue weighted by atomic mass is 10.1. The second-order valence-electron chi connectivity index (χ2n) is 6.53. The molecule has 8 heteroatoms. The molecule has 0 saturated carbocycles. The van der Waals surface area contributed by atoms with E-state index in [1.165, 1.54) is 0 Å². The van der Waals surface area contributed by atoms with Gasteiger partial charge in [0.25, 0.3) is 0 Å². The summed E-state index contributed by atoms with van der Waals surface area (Å²) < 4.78 is 12.4. The SMILES string of the molecule is Cc1cc(OCCOc2ccc(C3NC(C(=O)O)CS3)cc2Br)cc(C)c1Cl. The lowest BCUT2D eigenvalue weighted by Gasteiger charge is -2.15. The van der Waals surface area contributed by atoms with Crippen LogP contribution in [0.2, 0.25) is 5.02 Å². The third kappa shape index (κ3) is 5.14. The van der Waals surface area contributed by atoms with E-state index in [1.54, 1.807) is 11.8 Å². The van der Waals surface area contributed by atoms with Crippen LogP contribution in [0.15, 0.2) is 34.8 Å². The Morgan fingerprint density at radius 2 is 1.93 bits per heavy atom. The summed E-state index contributed by atoms with van der Waals surface area (Å²) in [6, 6.07) is 9.10. The van der Waals surface area contributed by atoms with Gasteiger partial charge in [0, 0.05) is 10.8 Å². The molecule has 2 atom stereocenters. The molecule has 0 bridgehead atoms. The number of thioether (sulfide) groups is 1. The molecule has 28 heavy (non-hydrogen) atoms. The van der Waals surface area contributed by atoms with Gasteiger partial charge in [-0.25, -0.2) is 0 Å². The van der Waals surface area contributed by atoms with Gasteiger partial charge < -0.3 is 14.6 Å². The van der Waals surface area contributed by atoms with Gasteiger partial charge in [-0.15, -0.1) is 11.8 Å². The van der Waals surface area contributed by atoms with E-state index in [-0.39, 0.29) is 5.37 Å². The summed E-state index contributed by atoms with van der Waals surface area (Å²) in [6.45, 7) is 4.71. The van der Waals surface area contributed by atoms with Crippen LogP contribution in [-0.4, -0.2) is 36.1 Å². The summed E-state index contributed by atoms with van der Waals surface area (Å²) in [5, 5.41) is 12.9. The first-order valence-electron chi connectivity index (χ1n) is 8.77. The first kappa shape index (κ1) is 21.3. The molecule has 0 radical (unpaired) electrons. The Morgan fingerprint density at radius 3 is 2.54 bits per heavy atom. The highest BCUT2D eigenvalue weighted by molar-refractivity contribution is 9.10. The molecule has 2 aromatic rings. The van der Waals surface area contributed by atoms with E-state index in [0.717, 1.165) is 31.9 Å². The summed E-state index contributed by atoms with van der Waals surface area (Å²) in [5.74, 6) is 1.22. The highest BCUT2D eigenvalue weighted by Crippen LogP contribution is 2.36. The van der Waals surface area contributed by atoms with E-state index in [9.17, 15) is 4.79 Å². The molecule has 150 valence electrons. The van der Waals surface area contributed by atoms with E-state index < -0.39 is 12.0 Å². The number of nitrogens with one attached hydrogen (secondary N) is 1. The minimum atomic E-state index is -0.819. The number of hydrogen-bond donors (Lipinski definition) is 2. The minimum Gasteiger partial charge on any atom is -0.490 e. The topological polar surface area (TPSA) is 67.8 Å². The van der Waals surface area contributed by atoms with Crippen molar-refractivity contribution in [2.75, 3.05) is 19.0 Å². The Bertz CT molecular complexity index is 856. The second kappa shape index (κ2) is 9.39. The predicted molar refractivity (Wildman–Crippen MR) is 116 cm³/mol. The van der Waals surface area contributed by atoms with Gasteiger partial charge in [-0.3, -0.25) is 10.1 Å². The zero-order valence-electron chi connectivity index (χ0n) is 15.5. The minimum absolute atomic E-state index is 0.0360. The first-order valence-corrected chi connectivity index (χ1v) is 11.0. The number of aliphatic carboxylic acids is 1. The number of halogens is 2. The van der Waals surface area contributed by atoms with Crippen LogP contribution in [0.25, 0.3) is 0 Å². The van der Waals surface area contributed by atoms with Crippen LogP contribution in [0.1, 0.15) is 22.1 Å². The zero-order valence-corrected chi connectivity index (χ0v) is 18.7. The second-order valence-corrected chi connectivity index (χ2v) is 8.90. The van der Waals surface area contributed by atoms with Crippen molar-refractivity contribution in [3.63, 3.8) is 0 Å². The Morgan fingerprint density at radius 1 is 1.25 bits per heavy atom. The van der Waals surface area contributed by atoms with Gasteiger partial charge >= 0.3 is 5.97 Å². The largest absolute Gasteiger partial charge is 0.490 e. The van der Waals surface area contributed by atoms with Crippen LogP contribution in [-0.2, 0) is 4.79 Å². The normalized spacial score (nSPS) is 18.9. The number of carbonyl (C=O) groups is 1. The molecule has 0 amide bonds. The summed E-state index contributed by atoms with van der Waals surface area (Å²) in [6.07, 6.45) is 0. The van der Waals surface area contributed by atoms with Crippen molar-refractivity contribution < 1.29 is 19.4 Å². The average Bonchev–Trinajstić information content (AvgIpc) is 3.14. The fraction of sp³-hybridized carbons (Fsp3) is 0.350. The van der Waals surface area contributed by atoms with Crippen LogP contribution in [0.4, 0.5) is 0 Å². The fourth-order valence-electron chi connectivity index (χ4n) is 2.90. The zero-order chi connectivity index (χ0) is 20.3. The Hall–Kier alpha value is -1.41. The van der Waals surface area contributed by atoms with E-state index in [2.05, 4.69) is 21.2 Å². The monoisotopic (exact) mass is 485 g/mol. The summed E-state index contributed by atoms with van der Waals surface area (Å²) in [5.41, 5.74) is 2.98. The summed E-state index contributed by atoms with van der Waals surface area (Å²) >= 11 is 11.3. The van der Waals surface area contributed by atoms with E-state index in [4.69, 9.17) is 26.2 Å². The number of hydrogen-bond acceptors (Lipinski definition) is 5. The first-order chi connectivity index (χ1) is 13.3. The number of carboxylic acids is 1. The van der Waals surface area contributed by atoms with Gasteiger partial charge in [0.15, 0.2) is 0 Å². The van der Waals surface area contributed by atoms with Gasteiger partial charge in [0.1, 0.15) is 30.8 Å². The molecule has 2 aromatic carbocycles. The maximum atomic E-state index is 11.1. The van der Waals surface area contributed by atoms with Crippen molar-refractivity contribution in [1.29, 1.82) is 0 Å². The molecule has 1 aliphatic heterocycles. The summed E-state index contributed by atoms with van der Waals surface area (Å²) in [7, 11) is 0. The quantitative estimate of drug-likeness (QED) is 0.539. The lowest BCUT2D eigenvalue weighted by Crippen LogP contribution is -2.33. The number of ether oxygens (including phenoxy) is 2. The number of rotatable bonds is 7. The standard InChI is InChI=1S/C20H21BrClNO4S/c1-11-7-14(8-12(2)18(11)22)26-5-6-27-17-4-3-13(9-15(17)21)19-23-16(10-28-19)20(24)25/h3-4,7-9,16,19,23H,5-6,10H2,1-2H3,(H,24,25). The van der Waals surface area contributed by atoms with Gasteiger partial charge in [0.2, 0.25) is 0 Å². The number of benzene rings is 2. The molecule has 1 aliphatic rings. The van der Waals surface area contributed by atoms with E-state index in [1.807, 2.05) is 44.2 Å². The molecule has 3 rings (SSSR count). The Labute approximate surface area is 181 Å². The maximum Gasteiger partial charge on any atom is 0.321 e. The molecule has 5 nitrogen and oxygen atoms in total. The number of carboxylic acid groups (broad SMARTS) is 1. The molecule has 0 aliphatic carbocycles. The molecule has 2 unspecified atom stereocenters. The highest BCUT2D eigenvalue weighted by Gasteiger charge is 2.30. The van der Waals surface area contributed by atoms with Crippen LogP contribution in [0, 0.1) is 13.8 Å². The van der Waals surface area contributed by atoms with Gasteiger partial charge in [0.05, 0.1) is 9.85 Å². The van der Waals surface area contributed by atoms with Crippen LogP contribution in [0.5, 0.6) is 11.5 Å². The van der Waals surface area contributed by atoms with Crippen molar-refractivity contribution in [2.24, 2.45) is 0 Å². The number of aryl methyl sites for hydroxylation is 2. The van der Waals surface area contributed by atoms with Crippen LogP contribution in [0.3, 0.4) is 0 Å². The van der Waals surface area contributed by atoms with Crippen molar-refractivity contribution in [3.05, 3.63) is 56.5 Å². The van der Waals surface area contributed by atoms with Crippen molar-refractivity contribution in [3.8, 4) is 11.5 Å². The van der Waals surface area contributed by atoms with Crippen molar-refractivity contribution in [2.45, 2.75) is 25.3 Å². The van der Waals surface area contributed by atoms with Gasteiger partial charge in [-0.2, -0.15) is 0 Å². The molecule has 1 fully saturated rings. The predicted octanol–water partition coefficient (Wildman–Crippen LogP) is 4.97. The fourth-order valence-corrected chi connectivity index (χ4v) is 4.75. The molecule has 0 aromatic heterocycles. The van der Waals surface area contributed by atoms with Crippen LogP contribution < -0.4 is 14.8 Å². The maximum absolute atomic E-state index is 11.1. The summed E-state index contributed by atoms with van der Waals surface area (Å²) in [4.78, 5) is 11.1. The van der Waals surface area contributed by atoms with Crippen LogP contribution >= 0.6 is 39.3 Å². The highest BCUT2D eigenvalue weighted by atomic mass is 79.9. The van der Waals surface area contributed by atoms with Gasteiger partial charge in [-0.05, 0) is 70.7 Å². The lowest BCUT2D eigenvalue weighted by molar-refractivity contribution is -0.138. The Kier molecular flexibility index (Phi) is 7.15. The molecule has 1 heterocycles. The van der Waals surface area contributed by atoms with E-state index in [0.29, 0.717) is 24.7 Å². The van der Waals surface area contributed by atoms with Crippen molar-refractivity contribution in [1.82, 2.24) is 5.32 Å². The molecular formula is C20H21BrClNO4S. The third-order valence-electron chi connectivity index (χ3n) is 4.36. The molecule has 1 saturated heterocycles.